The number of hydrogen-bond acceptors (Lipinski definition) is 2. The maximum atomic E-state index is 12.8. The molecule has 5 aliphatic carbocycles. The molecule has 0 heterocycles. The van der Waals surface area contributed by atoms with E-state index in [0.717, 1.165) is 38.5 Å². The summed E-state index contributed by atoms with van der Waals surface area (Å²) in [6.07, 6.45) is 10.8. The molecule has 3 nitrogen and oxygen atoms in total. The summed E-state index contributed by atoms with van der Waals surface area (Å²) in [5, 5.41) is 21.5. The van der Waals surface area contributed by atoms with Crippen LogP contribution in [0.25, 0.3) is 0 Å². The van der Waals surface area contributed by atoms with Crippen LogP contribution in [0.15, 0.2) is 0 Å². The molecule has 33 heavy (non-hydrogen) atoms. The van der Waals surface area contributed by atoms with Crippen molar-refractivity contribution < 1.29 is 15.0 Å². The lowest BCUT2D eigenvalue weighted by Gasteiger charge is -2.73. The van der Waals surface area contributed by atoms with Crippen molar-refractivity contribution in [1.29, 1.82) is 0 Å². The number of carboxylic acids is 1. The molecule has 5 fully saturated rings. The van der Waals surface area contributed by atoms with Crippen LogP contribution in [0, 0.1) is 62.6 Å². The molecule has 0 saturated heterocycles. The normalized spacial score (nSPS) is 57.8. The fourth-order valence-electron chi connectivity index (χ4n) is 11.7. The first-order valence-electron chi connectivity index (χ1n) is 14.2. The third-order valence-electron chi connectivity index (χ3n) is 14.0. The molecule has 0 aromatic rings. The summed E-state index contributed by atoms with van der Waals surface area (Å²) in [5.74, 6) is 2.75. The smallest absolute Gasteiger partial charge is 0.309 e. The monoisotopic (exact) mass is 458 g/mol. The second-order valence-corrected chi connectivity index (χ2v) is 14.9. The summed E-state index contributed by atoms with van der Waals surface area (Å²) in [7, 11) is 0. The number of aliphatic carboxylic acids is 1. The average molecular weight is 459 g/mol. The lowest BCUT2D eigenvalue weighted by molar-refractivity contribution is -0.258. The Balaban J connectivity index is 1.56. The predicted molar refractivity (Wildman–Crippen MR) is 133 cm³/mol. The zero-order valence-electron chi connectivity index (χ0n) is 22.4. The molecule has 0 spiro atoms. The zero-order valence-corrected chi connectivity index (χ0v) is 22.4. The summed E-state index contributed by atoms with van der Waals surface area (Å²) in [6.45, 7) is 17.2. The van der Waals surface area contributed by atoms with E-state index < -0.39 is 11.4 Å². The van der Waals surface area contributed by atoms with Crippen LogP contribution in [-0.2, 0) is 4.79 Å². The van der Waals surface area contributed by atoms with E-state index in [9.17, 15) is 15.0 Å². The Morgan fingerprint density at radius 3 is 2.12 bits per heavy atom. The lowest BCUT2D eigenvalue weighted by Crippen LogP contribution is -2.68. The van der Waals surface area contributed by atoms with Gasteiger partial charge in [0.05, 0.1) is 11.5 Å². The average Bonchev–Trinajstić information content (AvgIpc) is 2.74. The second-order valence-electron chi connectivity index (χ2n) is 14.9. The van der Waals surface area contributed by atoms with Crippen molar-refractivity contribution in [2.24, 2.45) is 62.6 Å². The lowest BCUT2D eigenvalue weighted by atomic mass is 9.31. The summed E-state index contributed by atoms with van der Waals surface area (Å²) in [5.41, 5.74) is 0.280. The van der Waals surface area contributed by atoms with Gasteiger partial charge in [0.1, 0.15) is 0 Å². The molecule has 5 aliphatic rings. The number of carbonyl (C=O) groups is 1. The molecule has 0 bridgehead atoms. The van der Waals surface area contributed by atoms with Gasteiger partial charge in [0.25, 0.3) is 0 Å². The van der Waals surface area contributed by atoms with E-state index in [2.05, 4.69) is 48.5 Å². The van der Waals surface area contributed by atoms with Gasteiger partial charge in [-0.15, -0.1) is 0 Å². The Morgan fingerprint density at radius 2 is 1.45 bits per heavy atom. The van der Waals surface area contributed by atoms with E-state index in [1.165, 1.54) is 25.7 Å². The first kappa shape index (κ1) is 24.1. The van der Waals surface area contributed by atoms with Crippen molar-refractivity contribution in [3.8, 4) is 0 Å². The number of aliphatic hydroxyl groups excluding tert-OH is 1. The summed E-state index contributed by atoms with van der Waals surface area (Å²) in [4.78, 5) is 12.8. The fraction of sp³-hybridized carbons (Fsp3) is 0.967. The Kier molecular flexibility index (Phi) is 5.29. The molecule has 5 saturated carbocycles. The number of aliphatic hydroxyl groups is 1. The minimum atomic E-state index is -0.501. The van der Waals surface area contributed by atoms with E-state index in [1.807, 2.05) is 0 Å². The van der Waals surface area contributed by atoms with Gasteiger partial charge in [0.15, 0.2) is 0 Å². The first-order valence-corrected chi connectivity index (χ1v) is 14.2. The standard InChI is InChI=1S/C30H50O3/c1-18-10-15-30(25(32)33)17-16-28(6)20(24(30)19(18)2)8-9-22-27(5)13-12-23(31)26(3,4)21(27)11-14-29(22,28)7/h18-24,31H,8-17H2,1-7H3,(H,32,33)/t18-,19+,20+,21?,22-,23-,24+,27+,28-,29-,30+/m1/s1. The van der Waals surface area contributed by atoms with Crippen LogP contribution < -0.4 is 0 Å². The van der Waals surface area contributed by atoms with Gasteiger partial charge in [-0.05, 0) is 121 Å². The fourth-order valence-corrected chi connectivity index (χ4v) is 11.7. The van der Waals surface area contributed by atoms with Crippen molar-refractivity contribution in [3.05, 3.63) is 0 Å². The van der Waals surface area contributed by atoms with Crippen LogP contribution >= 0.6 is 0 Å². The SMILES string of the molecule is C[C@@H]1[C@H]2[C@@H]3CC[C@@H]4[C@@]5(C)CC[C@@H](O)C(C)(C)C5CC[C@@]4(C)[C@]3(C)CC[C@@]2(C(=O)O)CC[C@H]1C. The highest BCUT2D eigenvalue weighted by atomic mass is 16.4. The van der Waals surface area contributed by atoms with Crippen molar-refractivity contribution in [3.63, 3.8) is 0 Å². The number of hydrogen-bond donors (Lipinski definition) is 2. The van der Waals surface area contributed by atoms with Crippen molar-refractivity contribution >= 4 is 5.97 Å². The number of rotatable bonds is 1. The van der Waals surface area contributed by atoms with Crippen LogP contribution in [0.2, 0.25) is 0 Å². The summed E-state index contributed by atoms with van der Waals surface area (Å²) < 4.78 is 0. The van der Waals surface area contributed by atoms with Crippen molar-refractivity contribution in [2.75, 3.05) is 0 Å². The Bertz CT molecular complexity index is 819. The quantitative estimate of drug-likeness (QED) is 0.438. The first-order chi connectivity index (χ1) is 15.3. The maximum absolute atomic E-state index is 12.8. The largest absolute Gasteiger partial charge is 0.481 e. The highest BCUT2D eigenvalue weighted by Crippen LogP contribution is 2.77. The van der Waals surface area contributed by atoms with E-state index in [4.69, 9.17) is 0 Å². The van der Waals surface area contributed by atoms with Gasteiger partial charge < -0.3 is 10.2 Å². The van der Waals surface area contributed by atoms with E-state index in [1.54, 1.807) is 0 Å². The van der Waals surface area contributed by atoms with Crippen LogP contribution in [0.1, 0.15) is 113 Å². The molecule has 188 valence electrons. The van der Waals surface area contributed by atoms with Gasteiger partial charge in [0.2, 0.25) is 0 Å². The van der Waals surface area contributed by atoms with Gasteiger partial charge in [-0.25, -0.2) is 0 Å². The molecular weight excluding hydrogens is 408 g/mol. The number of fused-ring (bicyclic) bond motifs is 7. The van der Waals surface area contributed by atoms with Gasteiger partial charge in [0, 0.05) is 0 Å². The number of carboxylic acid groups (broad SMARTS) is 1. The maximum Gasteiger partial charge on any atom is 0.309 e. The van der Waals surface area contributed by atoms with E-state index in [0.29, 0.717) is 35.5 Å². The van der Waals surface area contributed by atoms with Crippen LogP contribution in [0.3, 0.4) is 0 Å². The van der Waals surface area contributed by atoms with Crippen LogP contribution in [0.5, 0.6) is 0 Å². The Labute approximate surface area is 202 Å². The topological polar surface area (TPSA) is 57.5 Å². The van der Waals surface area contributed by atoms with Gasteiger partial charge >= 0.3 is 5.97 Å². The zero-order chi connectivity index (χ0) is 24.2. The van der Waals surface area contributed by atoms with Crippen molar-refractivity contribution in [2.45, 2.75) is 119 Å². The molecule has 0 aliphatic heterocycles. The Morgan fingerprint density at radius 1 is 0.758 bits per heavy atom. The Hall–Kier alpha value is -0.570. The highest BCUT2D eigenvalue weighted by molar-refractivity contribution is 5.75. The summed E-state index contributed by atoms with van der Waals surface area (Å²) >= 11 is 0. The minimum absolute atomic E-state index is 0.00950. The van der Waals surface area contributed by atoms with Crippen LogP contribution in [-0.4, -0.2) is 22.3 Å². The van der Waals surface area contributed by atoms with E-state index >= 15 is 0 Å². The predicted octanol–water partition coefficient (Wildman–Crippen LogP) is 7.17. The third-order valence-corrected chi connectivity index (χ3v) is 14.0. The van der Waals surface area contributed by atoms with Gasteiger partial charge in [-0.1, -0.05) is 48.5 Å². The molecule has 5 rings (SSSR count). The molecule has 0 aromatic carbocycles. The molecule has 2 N–H and O–H groups in total. The van der Waals surface area contributed by atoms with Crippen molar-refractivity contribution in [1.82, 2.24) is 0 Å². The molecular formula is C30H50O3. The van der Waals surface area contributed by atoms with Crippen LogP contribution in [0.4, 0.5) is 0 Å². The highest BCUT2D eigenvalue weighted by Gasteiger charge is 2.71. The molecule has 3 heteroatoms. The molecule has 1 unspecified atom stereocenters. The van der Waals surface area contributed by atoms with Gasteiger partial charge in [-0.3, -0.25) is 4.79 Å². The van der Waals surface area contributed by atoms with Gasteiger partial charge in [-0.2, -0.15) is 0 Å². The minimum Gasteiger partial charge on any atom is -0.481 e. The third kappa shape index (κ3) is 2.81. The molecule has 0 amide bonds. The molecule has 0 radical (unpaired) electrons. The molecule has 11 atom stereocenters. The van der Waals surface area contributed by atoms with E-state index in [-0.39, 0.29) is 27.8 Å². The second kappa shape index (κ2) is 7.23. The summed E-state index contributed by atoms with van der Waals surface area (Å²) in [6, 6.07) is 0. The molecule has 0 aromatic heterocycles.